The molecule has 0 spiro atoms. The Kier molecular flexibility index (Phi) is 2.48. The van der Waals surface area contributed by atoms with Gasteiger partial charge in [-0.05, 0) is 12.1 Å². The SMILES string of the molecule is O=C1Cc2ccccc2OC1n1ccccc1=O. The zero-order chi connectivity index (χ0) is 12.5. The van der Waals surface area contributed by atoms with Gasteiger partial charge in [-0.1, -0.05) is 24.3 Å². The number of hydrogen-bond acceptors (Lipinski definition) is 3. The number of ether oxygens (including phenoxy) is 1. The summed E-state index contributed by atoms with van der Waals surface area (Å²) in [5.74, 6) is 0.555. The molecule has 0 radical (unpaired) electrons. The molecule has 90 valence electrons. The summed E-state index contributed by atoms with van der Waals surface area (Å²) in [6, 6.07) is 12.1. The van der Waals surface area contributed by atoms with Crippen LogP contribution in [-0.4, -0.2) is 10.4 Å². The summed E-state index contributed by atoms with van der Waals surface area (Å²) in [5.41, 5.74) is 0.623. The zero-order valence-corrected chi connectivity index (χ0v) is 9.58. The number of rotatable bonds is 1. The average Bonchev–Trinajstić information content (AvgIpc) is 2.39. The number of carbonyl (C=O) groups excluding carboxylic acids is 1. The molecule has 1 aromatic heterocycles. The predicted octanol–water partition coefficient (Wildman–Crippen LogP) is 1.55. The standard InChI is InChI=1S/C14H11NO3/c16-11-9-10-5-1-2-6-12(10)18-14(11)15-8-4-3-7-13(15)17/h1-8,14H,9H2. The number of Topliss-reactive ketones (excluding diaryl/α,β-unsaturated/α-hetero) is 1. The largest absolute Gasteiger partial charge is 0.462 e. The molecule has 3 rings (SSSR count). The molecule has 2 aromatic rings. The van der Waals surface area contributed by atoms with Gasteiger partial charge in [-0.3, -0.25) is 14.2 Å². The molecule has 18 heavy (non-hydrogen) atoms. The molecular formula is C14H11NO3. The number of fused-ring (bicyclic) bond motifs is 1. The third kappa shape index (κ3) is 1.72. The normalized spacial score (nSPS) is 18.0. The summed E-state index contributed by atoms with van der Waals surface area (Å²) < 4.78 is 6.94. The molecule has 1 aromatic carbocycles. The second-order valence-corrected chi connectivity index (χ2v) is 4.17. The highest BCUT2D eigenvalue weighted by atomic mass is 16.5. The van der Waals surface area contributed by atoms with E-state index in [1.54, 1.807) is 18.3 Å². The molecule has 1 atom stereocenters. The third-order valence-corrected chi connectivity index (χ3v) is 2.96. The van der Waals surface area contributed by atoms with Crippen molar-refractivity contribution in [3.05, 3.63) is 64.6 Å². The molecule has 0 fully saturated rings. The van der Waals surface area contributed by atoms with Gasteiger partial charge in [0.25, 0.3) is 5.56 Å². The van der Waals surface area contributed by atoms with E-state index in [1.165, 1.54) is 10.6 Å². The third-order valence-electron chi connectivity index (χ3n) is 2.96. The molecule has 0 bridgehead atoms. The lowest BCUT2D eigenvalue weighted by Gasteiger charge is -2.25. The van der Waals surface area contributed by atoms with Crippen LogP contribution in [0.25, 0.3) is 0 Å². The summed E-state index contributed by atoms with van der Waals surface area (Å²) in [4.78, 5) is 23.7. The van der Waals surface area contributed by atoms with E-state index in [2.05, 4.69) is 0 Å². The lowest BCUT2D eigenvalue weighted by molar-refractivity contribution is -0.130. The minimum absolute atomic E-state index is 0.109. The molecule has 0 N–H and O–H groups in total. The van der Waals surface area contributed by atoms with Crippen molar-refractivity contribution in [1.29, 1.82) is 0 Å². The topological polar surface area (TPSA) is 48.3 Å². The van der Waals surface area contributed by atoms with Crippen molar-refractivity contribution in [2.75, 3.05) is 0 Å². The minimum atomic E-state index is -0.853. The zero-order valence-electron chi connectivity index (χ0n) is 9.58. The van der Waals surface area contributed by atoms with Crippen LogP contribution in [0.4, 0.5) is 0 Å². The van der Waals surface area contributed by atoms with E-state index in [9.17, 15) is 9.59 Å². The summed E-state index contributed by atoms with van der Waals surface area (Å²) >= 11 is 0. The first kappa shape index (κ1) is 10.8. The Morgan fingerprint density at radius 3 is 2.67 bits per heavy atom. The molecule has 0 amide bonds. The van der Waals surface area contributed by atoms with Crippen molar-refractivity contribution in [2.45, 2.75) is 12.6 Å². The Bertz CT molecular complexity index is 660. The number of aromatic nitrogens is 1. The Morgan fingerprint density at radius 2 is 1.83 bits per heavy atom. The molecule has 1 aliphatic heterocycles. The molecule has 0 saturated heterocycles. The predicted molar refractivity (Wildman–Crippen MR) is 65.5 cm³/mol. The van der Waals surface area contributed by atoms with Crippen molar-refractivity contribution in [1.82, 2.24) is 4.57 Å². The lowest BCUT2D eigenvalue weighted by Crippen LogP contribution is -2.36. The van der Waals surface area contributed by atoms with Crippen LogP contribution in [-0.2, 0) is 11.2 Å². The first-order valence-corrected chi connectivity index (χ1v) is 5.70. The Balaban J connectivity index is 2.04. The van der Waals surface area contributed by atoms with Crippen LogP contribution >= 0.6 is 0 Å². The van der Waals surface area contributed by atoms with Crippen LogP contribution < -0.4 is 10.3 Å². The van der Waals surface area contributed by atoms with E-state index in [0.29, 0.717) is 12.2 Å². The number of nitrogens with zero attached hydrogens (tertiary/aromatic N) is 1. The molecule has 2 heterocycles. The van der Waals surface area contributed by atoms with Crippen LogP contribution in [0.1, 0.15) is 11.8 Å². The van der Waals surface area contributed by atoms with Gasteiger partial charge in [-0.25, -0.2) is 0 Å². The lowest BCUT2D eigenvalue weighted by atomic mass is 10.0. The fourth-order valence-corrected chi connectivity index (χ4v) is 2.07. The van der Waals surface area contributed by atoms with Gasteiger partial charge < -0.3 is 4.74 Å². The highest BCUT2D eigenvalue weighted by Crippen LogP contribution is 2.28. The van der Waals surface area contributed by atoms with E-state index in [1.807, 2.05) is 24.3 Å². The van der Waals surface area contributed by atoms with Crippen LogP contribution in [0.15, 0.2) is 53.5 Å². The van der Waals surface area contributed by atoms with Gasteiger partial charge >= 0.3 is 0 Å². The smallest absolute Gasteiger partial charge is 0.253 e. The van der Waals surface area contributed by atoms with Crippen molar-refractivity contribution in [3.63, 3.8) is 0 Å². The second kappa shape index (κ2) is 4.14. The maximum atomic E-state index is 12.0. The van der Waals surface area contributed by atoms with Gasteiger partial charge in [0.15, 0.2) is 5.78 Å². The Morgan fingerprint density at radius 1 is 1.06 bits per heavy atom. The fourth-order valence-electron chi connectivity index (χ4n) is 2.07. The van der Waals surface area contributed by atoms with Crippen molar-refractivity contribution in [2.24, 2.45) is 0 Å². The first-order valence-electron chi connectivity index (χ1n) is 5.70. The maximum Gasteiger partial charge on any atom is 0.253 e. The summed E-state index contributed by atoms with van der Waals surface area (Å²) in [7, 11) is 0. The fraction of sp³-hybridized carbons (Fsp3) is 0.143. The highest BCUT2D eigenvalue weighted by Gasteiger charge is 2.29. The molecular weight excluding hydrogens is 230 g/mol. The van der Waals surface area contributed by atoms with Gasteiger partial charge in [-0.15, -0.1) is 0 Å². The quantitative estimate of drug-likeness (QED) is 0.761. The maximum absolute atomic E-state index is 12.0. The van der Waals surface area contributed by atoms with Crippen LogP contribution in [0.5, 0.6) is 5.75 Å². The number of ketones is 1. The number of benzene rings is 1. The van der Waals surface area contributed by atoms with Gasteiger partial charge in [0.05, 0.1) is 0 Å². The molecule has 0 aliphatic carbocycles. The first-order chi connectivity index (χ1) is 8.75. The van der Waals surface area contributed by atoms with E-state index in [4.69, 9.17) is 4.74 Å². The monoisotopic (exact) mass is 241 g/mol. The van der Waals surface area contributed by atoms with Gasteiger partial charge in [0.1, 0.15) is 5.75 Å². The summed E-state index contributed by atoms with van der Waals surface area (Å²) in [5, 5.41) is 0. The van der Waals surface area contributed by atoms with Crippen LogP contribution in [0.3, 0.4) is 0 Å². The number of pyridine rings is 1. The molecule has 0 saturated carbocycles. The van der Waals surface area contributed by atoms with Crippen molar-refractivity contribution in [3.8, 4) is 5.75 Å². The van der Waals surface area contributed by atoms with Crippen molar-refractivity contribution < 1.29 is 9.53 Å². The molecule has 1 unspecified atom stereocenters. The molecule has 4 nitrogen and oxygen atoms in total. The van der Waals surface area contributed by atoms with Gasteiger partial charge in [0.2, 0.25) is 6.23 Å². The Labute approximate surface area is 103 Å². The summed E-state index contributed by atoms with van der Waals surface area (Å²) in [6.07, 6.45) is 1.01. The van der Waals surface area contributed by atoms with Gasteiger partial charge in [0, 0.05) is 24.2 Å². The number of para-hydroxylation sites is 1. The van der Waals surface area contributed by atoms with E-state index < -0.39 is 6.23 Å². The van der Waals surface area contributed by atoms with E-state index in [-0.39, 0.29) is 11.3 Å². The summed E-state index contributed by atoms with van der Waals surface area (Å²) in [6.45, 7) is 0. The Hall–Kier alpha value is -2.36. The number of carbonyl (C=O) groups is 1. The van der Waals surface area contributed by atoms with Gasteiger partial charge in [-0.2, -0.15) is 0 Å². The average molecular weight is 241 g/mol. The second-order valence-electron chi connectivity index (χ2n) is 4.17. The molecule has 1 aliphatic rings. The van der Waals surface area contributed by atoms with E-state index in [0.717, 1.165) is 5.56 Å². The minimum Gasteiger partial charge on any atom is -0.462 e. The van der Waals surface area contributed by atoms with Crippen molar-refractivity contribution >= 4 is 5.78 Å². The number of hydrogen-bond donors (Lipinski definition) is 0. The van der Waals surface area contributed by atoms with E-state index >= 15 is 0 Å². The van der Waals surface area contributed by atoms with Crippen LogP contribution in [0.2, 0.25) is 0 Å². The molecule has 4 heteroatoms. The highest BCUT2D eigenvalue weighted by molar-refractivity contribution is 5.86. The van der Waals surface area contributed by atoms with Crippen LogP contribution in [0, 0.1) is 0 Å².